The molecule has 0 bridgehead atoms. The van der Waals surface area contributed by atoms with Gasteiger partial charge in [-0.25, -0.2) is 4.39 Å². The summed E-state index contributed by atoms with van der Waals surface area (Å²) in [5, 5.41) is 0. The van der Waals surface area contributed by atoms with Gasteiger partial charge in [0.1, 0.15) is 0 Å². The molecule has 1 aromatic rings. The SMILES string of the molecule is C#CCN(CC)C(=O)c1ccc(OC)c(F)c1. The van der Waals surface area contributed by atoms with E-state index in [1.54, 1.807) is 0 Å². The van der Waals surface area contributed by atoms with Crippen LogP contribution in [0, 0.1) is 18.2 Å². The number of rotatable bonds is 4. The number of methoxy groups -OCH3 is 1. The molecule has 0 spiro atoms. The molecule has 90 valence electrons. The summed E-state index contributed by atoms with van der Waals surface area (Å²) < 4.78 is 18.2. The number of nitrogens with zero attached hydrogens (tertiary/aromatic N) is 1. The van der Waals surface area contributed by atoms with Crippen molar-refractivity contribution in [1.29, 1.82) is 0 Å². The number of hydrogen-bond acceptors (Lipinski definition) is 2. The van der Waals surface area contributed by atoms with Crippen molar-refractivity contribution in [2.75, 3.05) is 20.2 Å². The molecule has 0 aliphatic heterocycles. The lowest BCUT2D eigenvalue weighted by molar-refractivity contribution is 0.0784. The summed E-state index contributed by atoms with van der Waals surface area (Å²) in [6, 6.07) is 4.09. The van der Waals surface area contributed by atoms with E-state index in [9.17, 15) is 9.18 Å². The molecular weight excluding hydrogens is 221 g/mol. The lowest BCUT2D eigenvalue weighted by Gasteiger charge is -2.18. The smallest absolute Gasteiger partial charge is 0.254 e. The molecule has 0 aromatic heterocycles. The van der Waals surface area contributed by atoms with Crippen molar-refractivity contribution in [3.8, 4) is 18.1 Å². The zero-order chi connectivity index (χ0) is 12.8. The maximum atomic E-state index is 13.4. The summed E-state index contributed by atoms with van der Waals surface area (Å²) in [6.45, 7) is 2.51. The molecule has 0 radical (unpaired) electrons. The predicted molar refractivity (Wildman–Crippen MR) is 63.4 cm³/mol. The predicted octanol–water partition coefficient (Wildman–Crippen LogP) is 1.93. The van der Waals surface area contributed by atoms with Crippen LogP contribution in [0.5, 0.6) is 5.75 Å². The Morgan fingerprint density at radius 3 is 2.76 bits per heavy atom. The van der Waals surface area contributed by atoms with Crippen molar-refractivity contribution < 1.29 is 13.9 Å². The van der Waals surface area contributed by atoms with E-state index in [4.69, 9.17) is 11.2 Å². The highest BCUT2D eigenvalue weighted by molar-refractivity contribution is 5.94. The first-order chi connectivity index (χ1) is 8.13. The van der Waals surface area contributed by atoms with Gasteiger partial charge < -0.3 is 9.64 Å². The summed E-state index contributed by atoms with van der Waals surface area (Å²) in [6.07, 6.45) is 5.16. The van der Waals surface area contributed by atoms with E-state index in [2.05, 4.69) is 5.92 Å². The number of carbonyl (C=O) groups excluding carboxylic acids is 1. The molecule has 0 unspecified atom stereocenters. The maximum Gasteiger partial charge on any atom is 0.254 e. The molecule has 3 nitrogen and oxygen atoms in total. The van der Waals surface area contributed by atoms with Gasteiger partial charge in [-0.2, -0.15) is 0 Å². The fourth-order valence-corrected chi connectivity index (χ4v) is 1.42. The van der Waals surface area contributed by atoms with Gasteiger partial charge >= 0.3 is 0 Å². The highest BCUT2D eigenvalue weighted by Crippen LogP contribution is 2.18. The van der Waals surface area contributed by atoms with Gasteiger partial charge in [0.15, 0.2) is 11.6 Å². The molecule has 1 aromatic carbocycles. The van der Waals surface area contributed by atoms with Crippen LogP contribution in [0.1, 0.15) is 17.3 Å². The van der Waals surface area contributed by atoms with Crippen LogP contribution in [0.15, 0.2) is 18.2 Å². The number of ether oxygens (including phenoxy) is 1. The highest BCUT2D eigenvalue weighted by Gasteiger charge is 2.15. The van der Waals surface area contributed by atoms with Gasteiger partial charge in [0, 0.05) is 12.1 Å². The van der Waals surface area contributed by atoms with Crippen molar-refractivity contribution >= 4 is 5.91 Å². The Morgan fingerprint density at radius 2 is 2.29 bits per heavy atom. The Labute approximate surface area is 100 Å². The van der Waals surface area contributed by atoms with Gasteiger partial charge in [0.05, 0.1) is 13.7 Å². The van der Waals surface area contributed by atoms with E-state index in [-0.39, 0.29) is 23.8 Å². The van der Waals surface area contributed by atoms with Crippen molar-refractivity contribution in [3.63, 3.8) is 0 Å². The Balaban J connectivity index is 2.97. The zero-order valence-corrected chi connectivity index (χ0v) is 9.87. The van der Waals surface area contributed by atoms with Crippen LogP contribution in [-0.4, -0.2) is 31.0 Å². The van der Waals surface area contributed by atoms with Crippen LogP contribution < -0.4 is 4.74 Å². The molecule has 0 saturated heterocycles. The van der Waals surface area contributed by atoms with Crippen LogP contribution in [-0.2, 0) is 0 Å². The summed E-state index contributed by atoms with van der Waals surface area (Å²) in [5.41, 5.74) is 0.264. The standard InChI is InChI=1S/C13H14FNO2/c1-4-8-15(5-2)13(16)10-6-7-12(17-3)11(14)9-10/h1,6-7,9H,5,8H2,2-3H3. The van der Waals surface area contributed by atoms with Crippen LogP contribution >= 0.6 is 0 Å². The summed E-state index contributed by atoms with van der Waals surface area (Å²) in [7, 11) is 1.37. The van der Waals surface area contributed by atoms with Crippen molar-refractivity contribution in [2.45, 2.75) is 6.92 Å². The van der Waals surface area contributed by atoms with Gasteiger partial charge in [-0.1, -0.05) is 5.92 Å². The molecule has 0 saturated carbocycles. The molecular formula is C13H14FNO2. The summed E-state index contributed by atoms with van der Waals surface area (Å²) in [4.78, 5) is 13.4. The molecule has 0 aliphatic rings. The number of amides is 1. The van der Waals surface area contributed by atoms with E-state index in [0.717, 1.165) is 6.07 Å². The number of benzene rings is 1. The second kappa shape index (κ2) is 5.90. The molecule has 0 aliphatic carbocycles. The largest absolute Gasteiger partial charge is 0.494 e. The third kappa shape index (κ3) is 2.97. The normalized spacial score (nSPS) is 9.53. The highest BCUT2D eigenvalue weighted by atomic mass is 19.1. The van der Waals surface area contributed by atoms with Gasteiger partial charge in [0.2, 0.25) is 0 Å². The number of carbonyl (C=O) groups is 1. The second-order valence-electron chi connectivity index (χ2n) is 3.37. The molecule has 1 rings (SSSR count). The van der Waals surface area contributed by atoms with Gasteiger partial charge in [0.25, 0.3) is 5.91 Å². The second-order valence-corrected chi connectivity index (χ2v) is 3.37. The average molecular weight is 235 g/mol. The van der Waals surface area contributed by atoms with Crippen LogP contribution in [0.2, 0.25) is 0 Å². The van der Waals surface area contributed by atoms with Gasteiger partial charge in [-0.15, -0.1) is 6.42 Å². The first-order valence-corrected chi connectivity index (χ1v) is 5.20. The third-order valence-corrected chi connectivity index (χ3v) is 2.35. The number of halogens is 1. The van der Waals surface area contributed by atoms with E-state index >= 15 is 0 Å². The third-order valence-electron chi connectivity index (χ3n) is 2.35. The topological polar surface area (TPSA) is 29.5 Å². The number of hydrogen-bond donors (Lipinski definition) is 0. The van der Waals surface area contributed by atoms with E-state index in [1.807, 2.05) is 6.92 Å². The molecule has 0 fully saturated rings. The zero-order valence-electron chi connectivity index (χ0n) is 9.87. The van der Waals surface area contributed by atoms with Crippen molar-refractivity contribution in [2.24, 2.45) is 0 Å². The van der Waals surface area contributed by atoms with E-state index in [0.29, 0.717) is 6.54 Å². The van der Waals surface area contributed by atoms with E-state index in [1.165, 1.54) is 24.1 Å². The van der Waals surface area contributed by atoms with Crippen LogP contribution in [0.4, 0.5) is 4.39 Å². The van der Waals surface area contributed by atoms with Crippen LogP contribution in [0.3, 0.4) is 0 Å². The fraction of sp³-hybridized carbons (Fsp3) is 0.308. The van der Waals surface area contributed by atoms with Gasteiger partial charge in [-0.3, -0.25) is 4.79 Å². The van der Waals surface area contributed by atoms with E-state index < -0.39 is 5.82 Å². The molecule has 4 heteroatoms. The van der Waals surface area contributed by atoms with Crippen molar-refractivity contribution in [3.05, 3.63) is 29.6 Å². The monoisotopic (exact) mass is 235 g/mol. The molecule has 17 heavy (non-hydrogen) atoms. The minimum Gasteiger partial charge on any atom is -0.494 e. The minimum absolute atomic E-state index is 0.113. The Bertz CT molecular complexity index is 451. The molecule has 0 atom stereocenters. The average Bonchev–Trinajstić information content (AvgIpc) is 2.35. The minimum atomic E-state index is -0.560. The Kier molecular flexibility index (Phi) is 4.53. The summed E-state index contributed by atoms with van der Waals surface area (Å²) >= 11 is 0. The fourth-order valence-electron chi connectivity index (χ4n) is 1.42. The summed E-state index contributed by atoms with van der Waals surface area (Å²) in [5.74, 6) is 1.66. The quantitative estimate of drug-likeness (QED) is 0.746. The molecule has 0 heterocycles. The van der Waals surface area contributed by atoms with Crippen molar-refractivity contribution in [1.82, 2.24) is 4.90 Å². The Morgan fingerprint density at radius 1 is 1.59 bits per heavy atom. The Hall–Kier alpha value is -2.02. The first-order valence-electron chi connectivity index (χ1n) is 5.20. The maximum absolute atomic E-state index is 13.4. The molecule has 1 amide bonds. The van der Waals surface area contributed by atoms with Gasteiger partial charge in [-0.05, 0) is 25.1 Å². The number of terminal acetylenes is 1. The first kappa shape index (κ1) is 13.0. The lowest BCUT2D eigenvalue weighted by Crippen LogP contribution is -2.31. The van der Waals surface area contributed by atoms with Crippen LogP contribution in [0.25, 0.3) is 0 Å². The lowest BCUT2D eigenvalue weighted by atomic mass is 10.2. The molecule has 0 N–H and O–H groups in total.